The van der Waals surface area contributed by atoms with Crippen LogP contribution in [0.3, 0.4) is 0 Å². The van der Waals surface area contributed by atoms with Crippen LogP contribution in [0.4, 0.5) is 0 Å². The van der Waals surface area contributed by atoms with Crippen molar-refractivity contribution in [3.63, 3.8) is 0 Å². The molecule has 19 heavy (non-hydrogen) atoms. The molecule has 0 amide bonds. The van der Waals surface area contributed by atoms with Crippen LogP contribution in [0.1, 0.15) is 49.4 Å². The summed E-state index contributed by atoms with van der Waals surface area (Å²) in [4.78, 5) is 19.9. The Labute approximate surface area is 113 Å². The van der Waals surface area contributed by atoms with Crippen LogP contribution in [-0.4, -0.2) is 28.2 Å². The highest BCUT2D eigenvalue weighted by Gasteiger charge is 2.26. The van der Waals surface area contributed by atoms with Crippen LogP contribution in [0.25, 0.3) is 0 Å². The lowest BCUT2D eigenvalue weighted by Crippen LogP contribution is -2.24. The third-order valence-electron chi connectivity index (χ3n) is 3.64. The van der Waals surface area contributed by atoms with Gasteiger partial charge < -0.3 is 9.84 Å². The summed E-state index contributed by atoms with van der Waals surface area (Å²) >= 11 is 0. The van der Waals surface area contributed by atoms with Crippen molar-refractivity contribution in [3.8, 4) is 0 Å². The van der Waals surface area contributed by atoms with Crippen LogP contribution in [0.2, 0.25) is 0 Å². The summed E-state index contributed by atoms with van der Waals surface area (Å²) in [7, 11) is 1.67. The Hall–Kier alpha value is -1.49. The summed E-state index contributed by atoms with van der Waals surface area (Å²) in [6, 6.07) is 0. The maximum atomic E-state index is 11.0. The zero-order valence-corrected chi connectivity index (χ0v) is 11.4. The van der Waals surface area contributed by atoms with E-state index >= 15 is 0 Å². The van der Waals surface area contributed by atoms with Crippen LogP contribution < -0.4 is 0 Å². The summed E-state index contributed by atoms with van der Waals surface area (Å²) in [6.07, 6.45) is 5.53. The van der Waals surface area contributed by atoms with Gasteiger partial charge in [0.05, 0.1) is 5.92 Å². The number of ether oxygens (including phenoxy) is 1. The summed E-state index contributed by atoms with van der Waals surface area (Å²) in [5.74, 6) is -0.303. The number of hydrogen-bond donors (Lipinski definition) is 1. The van der Waals surface area contributed by atoms with Gasteiger partial charge in [0.15, 0.2) is 5.82 Å². The molecule has 1 aliphatic carbocycles. The van der Waals surface area contributed by atoms with Crippen molar-refractivity contribution < 1.29 is 14.6 Å². The van der Waals surface area contributed by atoms with Crippen LogP contribution >= 0.6 is 0 Å². The van der Waals surface area contributed by atoms with Gasteiger partial charge in [0, 0.05) is 19.0 Å². The summed E-state index contributed by atoms with van der Waals surface area (Å²) in [5, 5.41) is 9.05. The lowest BCUT2D eigenvalue weighted by Gasteiger charge is -2.22. The average Bonchev–Trinajstić information content (AvgIpc) is 2.43. The van der Waals surface area contributed by atoms with Crippen molar-refractivity contribution in [2.75, 3.05) is 7.11 Å². The minimum Gasteiger partial charge on any atom is -0.481 e. The molecule has 5 heteroatoms. The maximum absolute atomic E-state index is 11.0. The van der Waals surface area contributed by atoms with Gasteiger partial charge in [-0.25, -0.2) is 9.97 Å². The van der Waals surface area contributed by atoms with E-state index in [-0.39, 0.29) is 12.0 Å². The van der Waals surface area contributed by atoms with Crippen LogP contribution in [-0.2, 0) is 22.4 Å². The second-order valence-corrected chi connectivity index (χ2v) is 4.99. The number of methoxy groups -OCH3 is 1. The highest BCUT2D eigenvalue weighted by molar-refractivity contribution is 5.70. The molecule has 104 valence electrons. The first-order valence-electron chi connectivity index (χ1n) is 6.76. The Morgan fingerprint density at radius 2 is 2.42 bits per heavy atom. The topological polar surface area (TPSA) is 72.3 Å². The fourth-order valence-corrected chi connectivity index (χ4v) is 2.50. The molecule has 1 heterocycles. The maximum Gasteiger partial charge on any atom is 0.306 e. The van der Waals surface area contributed by atoms with Gasteiger partial charge in [-0.3, -0.25) is 4.79 Å². The van der Waals surface area contributed by atoms with Gasteiger partial charge in [0.1, 0.15) is 6.10 Å². The first kappa shape index (κ1) is 13.9. The van der Waals surface area contributed by atoms with E-state index in [0.717, 1.165) is 29.9 Å². The van der Waals surface area contributed by atoms with Gasteiger partial charge in [-0.05, 0) is 31.2 Å². The van der Waals surface area contributed by atoms with Gasteiger partial charge in [-0.15, -0.1) is 0 Å². The van der Waals surface area contributed by atoms with E-state index in [1.165, 1.54) is 0 Å². The number of aromatic nitrogens is 2. The van der Waals surface area contributed by atoms with E-state index in [2.05, 4.69) is 16.9 Å². The number of fused-ring (bicyclic) bond motifs is 1. The number of carboxylic acid groups (broad SMARTS) is 1. The zero-order valence-electron chi connectivity index (χ0n) is 11.4. The van der Waals surface area contributed by atoms with Crippen LogP contribution in [0, 0.1) is 5.92 Å². The van der Waals surface area contributed by atoms with Crippen LogP contribution in [0.5, 0.6) is 0 Å². The zero-order chi connectivity index (χ0) is 13.8. The molecule has 0 radical (unpaired) electrons. The molecule has 1 aliphatic rings. The second kappa shape index (κ2) is 6.10. The number of carboxylic acids is 1. The summed E-state index contributed by atoms with van der Waals surface area (Å²) < 4.78 is 5.41. The summed E-state index contributed by atoms with van der Waals surface area (Å²) in [5.41, 5.74) is 1.95. The van der Waals surface area contributed by atoms with Crippen molar-refractivity contribution in [1.29, 1.82) is 0 Å². The SMILES string of the molecule is CCCC(OC)c1ncc2c(n1)CCC(C(=O)O)C2. The number of carbonyl (C=O) groups is 1. The second-order valence-electron chi connectivity index (χ2n) is 4.99. The summed E-state index contributed by atoms with van der Waals surface area (Å²) in [6.45, 7) is 2.10. The predicted octanol–water partition coefficient (Wildman–Crippen LogP) is 2.15. The molecule has 2 atom stereocenters. The Morgan fingerprint density at radius 3 is 3.05 bits per heavy atom. The molecule has 5 nitrogen and oxygen atoms in total. The third-order valence-corrected chi connectivity index (χ3v) is 3.64. The molecular formula is C14H20N2O3. The lowest BCUT2D eigenvalue weighted by atomic mass is 9.87. The molecule has 0 fully saturated rings. The van der Waals surface area contributed by atoms with Crippen molar-refractivity contribution in [1.82, 2.24) is 9.97 Å². The number of rotatable bonds is 5. The lowest BCUT2D eigenvalue weighted by molar-refractivity contribution is -0.142. The van der Waals surface area contributed by atoms with Gasteiger partial charge >= 0.3 is 5.97 Å². The van der Waals surface area contributed by atoms with Gasteiger partial charge in [0.25, 0.3) is 0 Å². The fraction of sp³-hybridized carbons (Fsp3) is 0.643. The van der Waals surface area contributed by atoms with E-state index in [1.807, 2.05) is 0 Å². The molecule has 0 saturated heterocycles. The van der Waals surface area contributed by atoms with Gasteiger partial charge in [0.2, 0.25) is 0 Å². The monoisotopic (exact) mass is 264 g/mol. The van der Waals surface area contributed by atoms with E-state index in [1.54, 1.807) is 13.3 Å². The minimum absolute atomic E-state index is 0.0625. The Bertz CT molecular complexity index is 462. The molecule has 2 unspecified atom stereocenters. The molecule has 0 aromatic carbocycles. The molecular weight excluding hydrogens is 244 g/mol. The molecule has 0 bridgehead atoms. The van der Waals surface area contributed by atoms with Crippen molar-refractivity contribution in [3.05, 3.63) is 23.3 Å². The van der Waals surface area contributed by atoms with E-state index in [4.69, 9.17) is 9.84 Å². The van der Waals surface area contributed by atoms with E-state index in [0.29, 0.717) is 19.3 Å². The first-order valence-corrected chi connectivity index (χ1v) is 6.76. The predicted molar refractivity (Wildman–Crippen MR) is 69.8 cm³/mol. The fourth-order valence-electron chi connectivity index (χ4n) is 2.50. The number of nitrogens with zero attached hydrogens (tertiary/aromatic N) is 2. The number of aliphatic carboxylic acids is 1. The normalized spacial score (nSPS) is 19.8. The largest absolute Gasteiger partial charge is 0.481 e. The highest BCUT2D eigenvalue weighted by Crippen LogP contribution is 2.26. The van der Waals surface area contributed by atoms with Gasteiger partial charge in [-0.1, -0.05) is 13.3 Å². The molecule has 1 aromatic heterocycles. The third kappa shape index (κ3) is 3.10. The van der Waals surface area contributed by atoms with E-state index in [9.17, 15) is 4.79 Å². The van der Waals surface area contributed by atoms with Gasteiger partial charge in [-0.2, -0.15) is 0 Å². The molecule has 0 spiro atoms. The standard InChI is InChI=1S/C14H20N2O3/c1-3-4-12(19-2)13-15-8-10-7-9(14(17)18)5-6-11(10)16-13/h8-9,12H,3-7H2,1-2H3,(H,17,18). The first-order chi connectivity index (χ1) is 9.15. The quantitative estimate of drug-likeness (QED) is 0.882. The Balaban J connectivity index is 2.19. The Kier molecular flexibility index (Phi) is 4.47. The molecule has 2 rings (SSSR count). The molecule has 1 aromatic rings. The average molecular weight is 264 g/mol. The molecule has 0 saturated carbocycles. The van der Waals surface area contributed by atoms with Crippen molar-refractivity contribution >= 4 is 5.97 Å². The highest BCUT2D eigenvalue weighted by atomic mass is 16.5. The molecule has 0 aliphatic heterocycles. The number of aryl methyl sites for hydroxylation is 1. The van der Waals surface area contributed by atoms with Crippen molar-refractivity contribution in [2.24, 2.45) is 5.92 Å². The minimum atomic E-state index is -0.726. The van der Waals surface area contributed by atoms with E-state index < -0.39 is 5.97 Å². The smallest absolute Gasteiger partial charge is 0.306 e. The molecule has 1 N–H and O–H groups in total. The number of hydrogen-bond acceptors (Lipinski definition) is 4. The Morgan fingerprint density at radius 1 is 1.63 bits per heavy atom. The van der Waals surface area contributed by atoms with Crippen molar-refractivity contribution in [2.45, 2.75) is 45.1 Å². The van der Waals surface area contributed by atoms with Crippen LogP contribution in [0.15, 0.2) is 6.20 Å².